The molecule has 4 saturated carbocycles. The summed E-state index contributed by atoms with van der Waals surface area (Å²) in [5.74, 6) is 1.29. The molecule has 2 atom stereocenters. The summed E-state index contributed by atoms with van der Waals surface area (Å²) in [6.07, 6.45) is 4.85. The summed E-state index contributed by atoms with van der Waals surface area (Å²) < 4.78 is 16.3. The van der Waals surface area contributed by atoms with Crippen LogP contribution in [0, 0.1) is 17.8 Å². The molecule has 22 heavy (non-hydrogen) atoms. The first kappa shape index (κ1) is 15.4. The molecule has 2 unspecified atom stereocenters. The zero-order valence-corrected chi connectivity index (χ0v) is 15.6. The lowest BCUT2D eigenvalue weighted by atomic mass is 9.52. The summed E-state index contributed by atoms with van der Waals surface area (Å²) in [7, 11) is 0. The fourth-order valence-electron chi connectivity index (χ4n) is 5.25. The lowest BCUT2D eigenvalue weighted by molar-refractivity contribution is -0.0789. The van der Waals surface area contributed by atoms with Crippen LogP contribution in [0.2, 0.25) is 0 Å². The maximum absolute atomic E-state index is 14.3. The number of rotatable bonds is 3. The molecular formula is C17H21Br2FN2. The Bertz CT molecular complexity index is 591. The smallest absolute Gasteiger partial charge is 0.106 e. The van der Waals surface area contributed by atoms with E-state index in [0.717, 1.165) is 58.3 Å². The van der Waals surface area contributed by atoms with E-state index in [9.17, 15) is 4.39 Å². The van der Waals surface area contributed by atoms with Crippen molar-refractivity contribution in [1.82, 2.24) is 5.32 Å². The van der Waals surface area contributed by atoms with Crippen LogP contribution in [0.15, 0.2) is 21.1 Å². The molecule has 0 aliphatic heterocycles. The molecule has 0 spiro atoms. The molecule has 3 N–H and O–H groups in total. The van der Waals surface area contributed by atoms with Gasteiger partial charge >= 0.3 is 0 Å². The first-order valence-corrected chi connectivity index (χ1v) is 9.67. The molecule has 0 aromatic heterocycles. The van der Waals surface area contributed by atoms with E-state index in [1.807, 2.05) is 6.07 Å². The quantitative estimate of drug-likeness (QED) is 0.674. The molecule has 120 valence electrons. The monoisotopic (exact) mass is 430 g/mol. The predicted molar refractivity (Wildman–Crippen MR) is 94.3 cm³/mol. The highest BCUT2D eigenvalue weighted by atomic mass is 79.9. The van der Waals surface area contributed by atoms with Crippen LogP contribution in [0.5, 0.6) is 0 Å². The number of hydrogen-bond donors (Lipinski definition) is 2. The first-order valence-electron chi connectivity index (χ1n) is 8.08. The van der Waals surface area contributed by atoms with Gasteiger partial charge in [0.1, 0.15) is 6.17 Å². The summed E-state index contributed by atoms with van der Waals surface area (Å²) in [5.41, 5.74) is 8.22. The average Bonchev–Trinajstić information content (AvgIpc) is 2.46. The van der Waals surface area contributed by atoms with Gasteiger partial charge in [0.05, 0.1) is 5.69 Å². The molecular weight excluding hydrogens is 411 g/mol. The zero-order valence-electron chi connectivity index (χ0n) is 12.4. The Hall–Kier alpha value is -0.130. The number of nitrogen functional groups attached to an aromatic ring is 1. The second-order valence-corrected chi connectivity index (χ2v) is 9.28. The number of alkyl halides is 1. The van der Waals surface area contributed by atoms with E-state index in [1.54, 1.807) is 0 Å². The third kappa shape index (κ3) is 2.53. The maximum Gasteiger partial charge on any atom is 0.106 e. The van der Waals surface area contributed by atoms with Crippen molar-refractivity contribution in [2.24, 2.45) is 17.8 Å². The molecule has 4 fully saturated rings. The van der Waals surface area contributed by atoms with Gasteiger partial charge in [-0.2, -0.15) is 0 Å². The third-order valence-corrected chi connectivity index (χ3v) is 7.11. The Kier molecular flexibility index (Phi) is 3.82. The fourth-order valence-corrected chi connectivity index (χ4v) is 6.56. The van der Waals surface area contributed by atoms with Crippen molar-refractivity contribution < 1.29 is 4.39 Å². The minimum Gasteiger partial charge on any atom is -0.398 e. The van der Waals surface area contributed by atoms with Crippen LogP contribution in [0.1, 0.15) is 37.7 Å². The number of hydrogen-bond acceptors (Lipinski definition) is 2. The highest BCUT2D eigenvalue weighted by molar-refractivity contribution is 9.11. The van der Waals surface area contributed by atoms with Gasteiger partial charge in [-0.25, -0.2) is 4.39 Å². The van der Waals surface area contributed by atoms with E-state index in [4.69, 9.17) is 5.73 Å². The number of nitrogens with one attached hydrogen (secondary N) is 1. The lowest BCUT2D eigenvalue weighted by Gasteiger charge is -2.58. The van der Waals surface area contributed by atoms with E-state index in [1.165, 1.54) is 6.42 Å². The zero-order chi connectivity index (χ0) is 15.5. The summed E-state index contributed by atoms with van der Waals surface area (Å²) in [4.78, 5) is 0. The van der Waals surface area contributed by atoms with Gasteiger partial charge in [-0.15, -0.1) is 0 Å². The predicted octanol–water partition coefficient (Wildman–Crippen LogP) is 4.80. The van der Waals surface area contributed by atoms with Crippen molar-refractivity contribution in [2.45, 2.75) is 50.4 Å². The van der Waals surface area contributed by atoms with Crippen molar-refractivity contribution >= 4 is 37.5 Å². The number of nitrogens with two attached hydrogens (primary N) is 1. The van der Waals surface area contributed by atoms with Gasteiger partial charge in [0, 0.05) is 21.0 Å². The van der Waals surface area contributed by atoms with Gasteiger partial charge in [-0.1, -0.05) is 15.9 Å². The molecule has 4 bridgehead atoms. The first-order chi connectivity index (χ1) is 10.5. The Morgan fingerprint density at radius 3 is 2.55 bits per heavy atom. The van der Waals surface area contributed by atoms with E-state index < -0.39 is 6.17 Å². The minimum atomic E-state index is -0.559. The van der Waals surface area contributed by atoms with Gasteiger partial charge in [-0.3, -0.25) is 0 Å². The molecule has 5 heteroatoms. The van der Waals surface area contributed by atoms with Crippen molar-refractivity contribution in [1.29, 1.82) is 0 Å². The van der Waals surface area contributed by atoms with E-state index in [0.29, 0.717) is 0 Å². The second kappa shape index (κ2) is 5.45. The summed E-state index contributed by atoms with van der Waals surface area (Å²) >= 11 is 7.03. The fraction of sp³-hybridized carbons (Fsp3) is 0.647. The van der Waals surface area contributed by atoms with Gasteiger partial charge in [0.2, 0.25) is 0 Å². The number of halogens is 3. The van der Waals surface area contributed by atoms with Crippen molar-refractivity contribution in [3.05, 3.63) is 26.6 Å². The van der Waals surface area contributed by atoms with E-state index in [-0.39, 0.29) is 17.4 Å². The Balaban J connectivity index is 1.53. The van der Waals surface area contributed by atoms with Crippen LogP contribution in [0.3, 0.4) is 0 Å². The van der Waals surface area contributed by atoms with Crippen molar-refractivity contribution in [3.8, 4) is 0 Å². The van der Waals surface area contributed by atoms with Gasteiger partial charge in [-0.05, 0) is 83.5 Å². The largest absolute Gasteiger partial charge is 0.398 e. The molecule has 1 aromatic carbocycles. The van der Waals surface area contributed by atoms with Crippen molar-refractivity contribution in [2.75, 3.05) is 5.73 Å². The SMILES string of the molecule is Nc1c(Br)cc(Br)cc1CNC12CC3CC(C1)C(F)C(C3)C2. The molecule has 0 radical (unpaired) electrons. The topological polar surface area (TPSA) is 38.0 Å². The Morgan fingerprint density at radius 1 is 1.18 bits per heavy atom. The van der Waals surface area contributed by atoms with Crippen molar-refractivity contribution in [3.63, 3.8) is 0 Å². The summed E-state index contributed by atoms with van der Waals surface area (Å²) in [6.45, 7) is 0.757. The minimum absolute atomic E-state index is 0.139. The lowest BCUT2D eigenvalue weighted by Crippen LogP contribution is -2.61. The molecule has 1 aromatic rings. The summed E-state index contributed by atoms with van der Waals surface area (Å²) in [5, 5.41) is 3.77. The van der Waals surface area contributed by atoms with Crippen LogP contribution in [-0.2, 0) is 6.54 Å². The van der Waals surface area contributed by atoms with Crippen LogP contribution in [-0.4, -0.2) is 11.7 Å². The van der Waals surface area contributed by atoms with Crippen LogP contribution < -0.4 is 11.1 Å². The average molecular weight is 432 g/mol. The highest BCUT2D eigenvalue weighted by Crippen LogP contribution is 2.56. The maximum atomic E-state index is 14.3. The second-order valence-electron chi connectivity index (χ2n) is 7.51. The molecule has 4 aliphatic rings. The van der Waals surface area contributed by atoms with Crippen LogP contribution in [0.4, 0.5) is 10.1 Å². The molecule has 0 heterocycles. The molecule has 4 aliphatic carbocycles. The number of benzene rings is 1. The summed E-state index contributed by atoms with van der Waals surface area (Å²) in [6, 6.07) is 4.04. The Morgan fingerprint density at radius 2 is 1.86 bits per heavy atom. The van der Waals surface area contributed by atoms with E-state index in [2.05, 4.69) is 43.2 Å². The molecule has 0 saturated heterocycles. The van der Waals surface area contributed by atoms with Gasteiger partial charge < -0.3 is 11.1 Å². The number of anilines is 1. The van der Waals surface area contributed by atoms with E-state index >= 15 is 0 Å². The van der Waals surface area contributed by atoms with Crippen LogP contribution >= 0.6 is 31.9 Å². The third-order valence-electron chi connectivity index (χ3n) is 5.99. The standard InChI is InChI=1S/C17H21Br2FN2/c18-13-3-12(16(21)14(19)4-13)8-22-17-5-9-1-10(6-17)15(20)11(2-9)7-17/h3-4,9-11,15,22H,1-2,5-8,21H2. The molecule has 0 amide bonds. The highest BCUT2D eigenvalue weighted by Gasteiger charge is 2.55. The van der Waals surface area contributed by atoms with Gasteiger partial charge in [0.25, 0.3) is 0 Å². The molecule has 5 rings (SSSR count). The normalized spacial score (nSPS) is 39.4. The van der Waals surface area contributed by atoms with Crippen LogP contribution in [0.25, 0.3) is 0 Å². The Labute approximate surface area is 147 Å². The van der Waals surface area contributed by atoms with Gasteiger partial charge in [0.15, 0.2) is 0 Å². The molecule has 2 nitrogen and oxygen atoms in total.